The molecule has 4 heteroatoms. The van der Waals surface area contributed by atoms with Crippen LogP contribution < -0.4 is 5.73 Å². The Morgan fingerprint density at radius 3 is 2.71 bits per heavy atom. The highest BCUT2D eigenvalue weighted by Crippen LogP contribution is 2.29. The fraction of sp³-hybridized carbons (Fsp3) is 0.176. The molecule has 4 rings (SSSR count). The van der Waals surface area contributed by atoms with Crippen LogP contribution in [0.25, 0.3) is 22.3 Å². The molecule has 0 aliphatic heterocycles. The van der Waals surface area contributed by atoms with E-state index in [0.717, 1.165) is 27.4 Å². The summed E-state index contributed by atoms with van der Waals surface area (Å²) in [5.41, 5.74) is 10.9. The van der Waals surface area contributed by atoms with Crippen molar-refractivity contribution in [1.29, 1.82) is 0 Å². The van der Waals surface area contributed by atoms with Crippen molar-refractivity contribution in [2.75, 3.05) is 5.73 Å². The molecule has 0 atom stereocenters. The number of halogens is 1. The summed E-state index contributed by atoms with van der Waals surface area (Å²) in [5, 5.41) is 0.884. The molecule has 2 aromatic carbocycles. The molecule has 0 unspecified atom stereocenters. The summed E-state index contributed by atoms with van der Waals surface area (Å²) in [5.74, 6) is 1.23. The van der Waals surface area contributed by atoms with E-state index in [2.05, 4.69) is 44.1 Å². The lowest BCUT2D eigenvalue weighted by atomic mass is 10.1. The normalized spacial score (nSPS) is 13.6. The maximum absolute atomic E-state index is 6.10. The first-order valence-electron chi connectivity index (χ1n) is 7.06. The average Bonchev–Trinajstić information content (AvgIpc) is 2.95. The zero-order chi connectivity index (χ0) is 14.4. The first kappa shape index (κ1) is 12.8. The van der Waals surface area contributed by atoms with E-state index >= 15 is 0 Å². The number of hydrogen-bond acceptors (Lipinski definition) is 3. The predicted molar refractivity (Wildman–Crippen MR) is 89.1 cm³/mol. The van der Waals surface area contributed by atoms with Crippen molar-refractivity contribution in [1.82, 2.24) is 9.97 Å². The minimum Gasteiger partial charge on any atom is -0.383 e. The van der Waals surface area contributed by atoms with Crippen LogP contribution in [0.4, 0.5) is 5.82 Å². The number of benzene rings is 2. The van der Waals surface area contributed by atoms with E-state index in [1.807, 2.05) is 18.2 Å². The molecule has 1 heterocycles. The molecule has 104 valence electrons. The molecule has 1 aliphatic rings. The van der Waals surface area contributed by atoms with E-state index in [9.17, 15) is 0 Å². The Labute approximate surface area is 131 Å². The summed E-state index contributed by atoms with van der Waals surface area (Å²) in [6, 6.07) is 12.4. The maximum atomic E-state index is 6.10. The molecule has 2 N–H and O–H groups in total. The van der Waals surface area contributed by atoms with Crippen molar-refractivity contribution < 1.29 is 0 Å². The van der Waals surface area contributed by atoms with Gasteiger partial charge in [0.25, 0.3) is 0 Å². The van der Waals surface area contributed by atoms with Crippen LogP contribution in [0.3, 0.4) is 0 Å². The quantitative estimate of drug-likeness (QED) is 0.725. The molecule has 1 aliphatic carbocycles. The second-order valence-corrected chi connectivity index (χ2v) is 6.35. The highest BCUT2D eigenvalue weighted by atomic mass is 79.9. The number of nitrogens with two attached hydrogens (primary N) is 1. The average molecular weight is 340 g/mol. The molecule has 0 fully saturated rings. The Kier molecular flexibility index (Phi) is 2.93. The third-order valence-electron chi connectivity index (χ3n) is 4.04. The van der Waals surface area contributed by atoms with Crippen LogP contribution in [-0.2, 0) is 12.8 Å². The molecule has 0 amide bonds. The standard InChI is InChI=1S/C17H14BrN3/c18-13-6-7-15-14(9-13)16(19)21-17(20-15)12-5-4-10-2-1-3-11(10)8-12/h4-9H,1-3H2,(H2,19,20,21). The highest BCUT2D eigenvalue weighted by molar-refractivity contribution is 9.10. The Morgan fingerprint density at radius 2 is 1.81 bits per heavy atom. The summed E-state index contributed by atoms with van der Waals surface area (Å²) in [7, 11) is 0. The summed E-state index contributed by atoms with van der Waals surface area (Å²) >= 11 is 3.45. The lowest BCUT2D eigenvalue weighted by molar-refractivity contribution is 0.912. The third-order valence-corrected chi connectivity index (χ3v) is 4.54. The zero-order valence-electron chi connectivity index (χ0n) is 11.4. The van der Waals surface area contributed by atoms with E-state index in [0.29, 0.717) is 11.6 Å². The number of anilines is 1. The fourth-order valence-electron chi connectivity index (χ4n) is 2.96. The Hall–Kier alpha value is -1.94. The number of fused-ring (bicyclic) bond motifs is 2. The van der Waals surface area contributed by atoms with E-state index < -0.39 is 0 Å². The first-order chi connectivity index (χ1) is 10.2. The molecule has 1 aromatic heterocycles. The SMILES string of the molecule is Nc1nc(-c2ccc3c(c2)CCC3)nc2ccc(Br)cc12. The van der Waals surface area contributed by atoms with Crippen molar-refractivity contribution in [2.24, 2.45) is 0 Å². The molecule has 0 bridgehead atoms. The van der Waals surface area contributed by atoms with Gasteiger partial charge in [-0.25, -0.2) is 9.97 Å². The van der Waals surface area contributed by atoms with Gasteiger partial charge in [-0.3, -0.25) is 0 Å². The molecule has 3 nitrogen and oxygen atoms in total. The van der Waals surface area contributed by atoms with Gasteiger partial charge in [0.1, 0.15) is 5.82 Å². The summed E-state index contributed by atoms with van der Waals surface area (Å²) in [6.45, 7) is 0. The minimum absolute atomic E-state index is 0.525. The van der Waals surface area contributed by atoms with Crippen molar-refractivity contribution in [2.45, 2.75) is 19.3 Å². The number of nitrogens with zero attached hydrogens (tertiary/aromatic N) is 2. The van der Waals surface area contributed by atoms with Crippen LogP contribution in [0.15, 0.2) is 40.9 Å². The Bertz CT molecular complexity index is 858. The van der Waals surface area contributed by atoms with Gasteiger partial charge in [0.2, 0.25) is 0 Å². The van der Waals surface area contributed by atoms with E-state index in [4.69, 9.17) is 5.73 Å². The summed E-state index contributed by atoms with van der Waals surface area (Å²) in [6.07, 6.45) is 3.58. The van der Waals surface area contributed by atoms with Crippen molar-refractivity contribution >= 4 is 32.7 Å². The smallest absolute Gasteiger partial charge is 0.162 e. The number of aryl methyl sites for hydroxylation is 2. The molecule has 0 spiro atoms. The van der Waals surface area contributed by atoms with Crippen molar-refractivity contribution in [3.63, 3.8) is 0 Å². The van der Waals surface area contributed by atoms with Gasteiger partial charge < -0.3 is 5.73 Å². The molecule has 0 saturated heterocycles. The zero-order valence-corrected chi connectivity index (χ0v) is 13.0. The van der Waals surface area contributed by atoms with Gasteiger partial charge in [-0.05, 0) is 54.7 Å². The van der Waals surface area contributed by atoms with Crippen LogP contribution in [-0.4, -0.2) is 9.97 Å². The molecule has 0 saturated carbocycles. The summed E-state index contributed by atoms with van der Waals surface area (Å²) in [4.78, 5) is 9.14. The molecule has 3 aromatic rings. The first-order valence-corrected chi connectivity index (χ1v) is 7.85. The van der Waals surface area contributed by atoms with Crippen LogP contribution in [0, 0.1) is 0 Å². The van der Waals surface area contributed by atoms with Gasteiger partial charge in [0, 0.05) is 15.4 Å². The molecule has 21 heavy (non-hydrogen) atoms. The van der Waals surface area contributed by atoms with Crippen molar-refractivity contribution in [3.05, 3.63) is 52.0 Å². The lowest BCUT2D eigenvalue weighted by Gasteiger charge is -2.07. The largest absolute Gasteiger partial charge is 0.383 e. The number of rotatable bonds is 1. The van der Waals surface area contributed by atoms with E-state index in [1.54, 1.807) is 0 Å². The topological polar surface area (TPSA) is 51.8 Å². The van der Waals surface area contributed by atoms with Gasteiger partial charge >= 0.3 is 0 Å². The molecular weight excluding hydrogens is 326 g/mol. The number of nitrogen functional groups attached to an aromatic ring is 1. The Balaban J connectivity index is 1.89. The van der Waals surface area contributed by atoms with Gasteiger partial charge in [0.05, 0.1) is 5.52 Å². The third kappa shape index (κ3) is 2.20. The highest BCUT2D eigenvalue weighted by Gasteiger charge is 2.13. The van der Waals surface area contributed by atoms with Crippen molar-refractivity contribution in [3.8, 4) is 11.4 Å². The fourth-order valence-corrected chi connectivity index (χ4v) is 3.33. The lowest BCUT2D eigenvalue weighted by Crippen LogP contribution is -1.98. The number of aromatic nitrogens is 2. The van der Waals surface area contributed by atoms with Crippen LogP contribution in [0.2, 0.25) is 0 Å². The maximum Gasteiger partial charge on any atom is 0.162 e. The van der Waals surface area contributed by atoms with Crippen LogP contribution >= 0.6 is 15.9 Å². The van der Waals surface area contributed by atoms with E-state index in [1.165, 1.54) is 24.0 Å². The van der Waals surface area contributed by atoms with Gasteiger partial charge in [0.15, 0.2) is 5.82 Å². The van der Waals surface area contributed by atoms with Gasteiger partial charge in [-0.1, -0.05) is 28.1 Å². The van der Waals surface area contributed by atoms with Crippen LogP contribution in [0.5, 0.6) is 0 Å². The van der Waals surface area contributed by atoms with Gasteiger partial charge in [-0.15, -0.1) is 0 Å². The minimum atomic E-state index is 0.525. The molecule has 0 radical (unpaired) electrons. The van der Waals surface area contributed by atoms with Crippen LogP contribution in [0.1, 0.15) is 17.5 Å². The predicted octanol–water partition coefficient (Wildman–Crippen LogP) is 4.13. The van der Waals surface area contributed by atoms with E-state index in [-0.39, 0.29) is 0 Å². The number of hydrogen-bond donors (Lipinski definition) is 1. The monoisotopic (exact) mass is 339 g/mol. The second-order valence-electron chi connectivity index (χ2n) is 5.43. The summed E-state index contributed by atoms with van der Waals surface area (Å²) < 4.78 is 0.982. The van der Waals surface area contributed by atoms with Gasteiger partial charge in [-0.2, -0.15) is 0 Å². The molecular formula is C17H14BrN3. The second kappa shape index (κ2) is 4.81. The Morgan fingerprint density at radius 1 is 0.952 bits per heavy atom.